The number of hydrogen-bond acceptors (Lipinski definition) is 8. The summed E-state index contributed by atoms with van der Waals surface area (Å²) in [6, 6.07) is 15.4. The minimum atomic E-state index is -5.77. The van der Waals surface area contributed by atoms with Gasteiger partial charge in [0.25, 0.3) is 11.8 Å². The predicted octanol–water partition coefficient (Wildman–Crippen LogP) is 5.81. The molecule has 48 heavy (non-hydrogen) atoms. The van der Waals surface area contributed by atoms with E-state index < -0.39 is 35.4 Å². The Morgan fingerprint density at radius 1 is 0.854 bits per heavy atom. The summed E-state index contributed by atoms with van der Waals surface area (Å²) in [6.45, 7) is 5.53. The highest BCUT2D eigenvalue weighted by Crippen LogP contribution is 2.30. The highest BCUT2D eigenvalue weighted by atomic mass is 35.5. The van der Waals surface area contributed by atoms with Crippen molar-refractivity contribution in [1.82, 2.24) is 10.3 Å². The Labute approximate surface area is 275 Å². The molecule has 2 heterocycles. The van der Waals surface area contributed by atoms with E-state index in [1.54, 1.807) is 42.5 Å². The van der Waals surface area contributed by atoms with Crippen LogP contribution in [-0.4, -0.2) is 59.9 Å². The maximum absolute atomic E-state index is 13.4. The summed E-state index contributed by atoms with van der Waals surface area (Å²) < 4.78 is 73.2. The molecule has 2 aromatic carbocycles. The number of benzene rings is 2. The van der Waals surface area contributed by atoms with Crippen LogP contribution in [0, 0.1) is 0 Å². The molecule has 5 N–H and O–H groups in total. The van der Waals surface area contributed by atoms with Gasteiger partial charge in [0.2, 0.25) is 0 Å². The number of carbonyl (C=O) groups is 4. The lowest BCUT2D eigenvalue weighted by Crippen LogP contribution is -2.39. The summed E-state index contributed by atoms with van der Waals surface area (Å²) in [5, 5.41) is 9.38. The molecular weight excluding hydrogens is 672 g/mol. The number of amides is 2. The maximum atomic E-state index is 13.4. The van der Waals surface area contributed by atoms with Crippen LogP contribution in [0.25, 0.3) is 0 Å². The van der Waals surface area contributed by atoms with Gasteiger partial charge in [-0.2, -0.15) is 26.3 Å². The zero-order valence-corrected chi connectivity index (χ0v) is 26.1. The minimum absolute atomic E-state index is 0.00104. The molecule has 4 rings (SSSR count). The number of rotatable bonds is 8. The van der Waals surface area contributed by atoms with Crippen molar-refractivity contribution >= 4 is 46.5 Å². The fraction of sp³-hybridized carbons (Fsp3) is 0.323. The molecule has 0 aliphatic carbocycles. The van der Waals surface area contributed by atoms with Crippen LogP contribution in [0.15, 0.2) is 60.8 Å². The summed E-state index contributed by atoms with van der Waals surface area (Å²) in [7, 11) is 0. The monoisotopic (exact) mass is 701 g/mol. The van der Waals surface area contributed by atoms with Crippen LogP contribution in [0.2, 0.25) is 5.02 Å². The largest absolute Gasteiger partial charge is 0.489 e. The quantitative estimate of drug-likeness (QED) is 0.170. The lowest BCUT2D eigenvalue weighted by Gasteiger charge is -2.27. The first-order valence-corrected chi connectivity index (χ1v) is 14.5. The zero-order chi connectivity index (χ0) is 35.9. The highest BCUT2D eigenvalue weighted by molar-refractivity contribution is 6.41. The van der Waals surface area contributed by atoms with Crippen LogP contribution >= 0.6 is 11.6 Å². The molecule has 1 fully saturated rings. The Balaban J connectivity index is 0.000000444. The third-order valence-corrected chi connectivity index (χ3v) is 6.88. The fourth-order valence-electron chi connectivity index (χ4n) is 4.17. The number of halogens is 7. The Morgan fingerprint density at radius 3 is 1.98 bits per heavy atom. The first-order chi connectivity index (χ1) is 22.3. The minimum Gasteiger partial charge on any atom is -0.489 e. The van der Waals surface area contributed by atoms with E-state index in [1.807, 2.05) is 26.0 Å². The molecule has 1 saturated heterocycles. The second-order valence-electron chi connectivity index (χ2n) is 11.0. The normalized spacial score (nSPS) is 13.9. The molecule has 3 aromatic rings. The molecule has 1 aliphatic heterocycles. The van der Waals surface area contributed by atoms with Gasteiger partial charge in [0.1, 0.15) is 17.7 Å². The molecule has 0 atom stereocenters. The van der Waals surface area contributed by atoms with Gasteiger partial charge >= 0.3 is 23.9 Å². The van der Waals surface area contributed by atoms with Gasteiger partial charge in [-0.05, 0) is 81.7 Å². The standard InChI is InChI=1S/C27H30ClN5O3.C4F6O2/c1-27(2,29)17-7-9-21(23(15-17)36-19-11-13-30-14-12-19)26(35)32-22-6-4-3-5-20(22)25(34)33-24-10-8-18(28)16-31-24;5-3(6,7)1(11)2(12)4(8,9)10/h3-10,15-16,19,30H,11-14,29H2,1-2H3,(H,32,35)(H,31,33,34);. The van der Waals surface area contributed by atoms with E-state index >= 15 is 0 Å². The van der Waals surface area contributed by atoms with Gasteiger partial charge in [-0.25, -0.2) is 4.98 Å². The SMILES string of the molecule is CC(C)(N)c1ccc(C(=O)Nc2ccccc2C(=O)Nc2ccc(Cl)cn2)c(OC2CCNCC2)c1.O=C(C(=O)C(F)(F)F)C(F)(F)F. The number of para-hydroxylation sites is 1. The highest BCUT2D eigenvalue weighted by Gasteiger charge is 2.54. The third-order valence-electron chi connectivity index (χ3n) is 6.66. The number of anilines is 2. The number of nitrogens with one attached hydrogen (secondary N) is 3. The Morgan fingerprint density at radius 2 is 1.44 bits per heavy atom. The van der Waals surface area contributed by atoms with Crippen molar-refractivity contribution in [1.29, 1.82) is 0 Å². The van der Waals surface area contributed by atoms with Crippen LogP contribution < -0.4 is 26.4 Å². The molecule has 258 valence electrons. The van der Waals surface area contributed by atoms with Crippen molar-refractivity contribution in [2.24, 2.45) is 5.73 Å². The second kappa shape index (κ2) is 15.6. The summed E-state index contributed by atoms with van der Waals surface area (Å²) in [4.78, 5) is 49.7. The number of alkyl halides is 6. The maximum Gasteiger partial charge on any atom is 0.458 e. The number of ketones is 2. The number of pyridine rings is 1. The molecule has 1 aromatic heterocycles. The number of nitrogens with two attached hydrogens (primary N) is 1. The van der Waals surface area contributed by atoms with Crippen molar-refractivity contribution in [3.63, 3.8) is 0 Å². The van der Waals surface area contributed by atoms with Gasteiger partial charge in [0, 0.05) is 11.7 Å². The van der Waals surface area contributed by atoms with E-state index in [0.29, 0.717) is 33.4 Å². The number of carbonyl (C=O) groups excluding carboxylic acids is 4. The Hall–Kier alpha value is -4.54. The van der Waals surface area contributed by atoms with Crippen LogP contribution in [0.4, 0.5) is 37.8 Å². The number of ether oxygens (including phenoxy) is 1. The second-order valence-corrected chi connectivity index (χ2v) is 11.4. The first-order valence-electron chi connectivity index (χ1n) is 14.1. The fourth-order valence-corrected chi connectivity index (χ4v) is 4.28. The van der Waals surface area contributed by atoms with Crippen molar-refractivity contribution in [2.75, 3.05) is 23.7 Å². The average Bonchev–Trinajstić information content (AvgIpc) is 3.01. The van der Waals surface area contributed by atoms with Crippen molar-refractivity contribution in [2.45, 2.75) is 50.7 Å². The smallest absolute Gasteiger partial charge is 0.458 e. The van der Waals surface area contributed by atoms with Gasteiger partial charge in [0.15, 0.2) is 0 Å². The molecule has 0 saturated carbocycles. The third kappa shape index (κ3) is 10.7. The van der Waals surface area contributed by atoms with Crippen LogP contribution in [-0.2, 0) is 15.1 Å². The summed E-state index contributed by atoms with van der Waals surface area (Å²) in [6.07, 6.45) is -8.41. The van der Waals surface area contributed by atoms with E-state index in [0.717, 1.165) is 31.5 Å². The van der Waals surface area contributed by atoms with E-state index in [-0.39, 0.29) is 12.0 Å². The van der Waals surface area contributed by atoms with Crippen LogP contribution in [0.3, 0.4) is 0 Å². The van der Waals surface area contributed by atoms with Crippen molar-refractivity contribution < 1.29 is 50.3 Å². The molecule has 0 spiro atoms. The average molecular weight is 702 g/mol. The molecule has 0 radical (unpaired) electrons. The van der Waals surface area contributed by atoms with Gasteiger partial charge in [0.05, 0.1) is 21.8 Å². The lowest BCUT2D eigenvalue weighted by molar-refractivity contribution is -0.193. The Kier molecular flexibility index (Phi) is 12.3. The van der Waals surface area contributed by atoms with Gasteiger partial charge in [-0.1, -0.05) is 29.8 Å². The van der Waals surface area contributed by atoms with Crippen molar-refractivity contribution in [3.05, 3.63) is 82.5 Å². The number of piperidine rings is 1. The number of nitrogens with zero attached hydrogens (tertiary/aromatic N) is 1. The molecule has 17 heteroatoms. The van der Waals surface area contributed by atoms with Gasteiger partial charge in [-0.15, -0.1) is 0 Å². The number of aromatic nitrogens is 1. The molecule has 2 amide bonds. The molecular formula is C31H30ClF6N5O5. The van der Waals surface area contributed by atoms with Gasteiger partial charge < -0.3 is 26.4 Å². The number of hydrogen-bond donors (Lipinski definition) is 4. The summed E-state index contributed by atoms with van der Waals surface area (Å²) >= 11 is 5.87. The van der Waals surface area contributed by atoms with Crippen molar-refractivity contribution in [3.8, 4) is 5.75 Å². The van der Waals surface area contributed by atoms with E-state index in [9.17, 15) is 45.5 Å². The first kappa shape index (κ1) is 37.9. The van der Waals surface area contributed by atoms with Crippen LogP contribution in [0.1, 0.15) is 53.0 Å². The lowest BCUT2D eigenvalue weighted by atomic mass is 9.94. The topological polar surface area (TPSA) is 153 Å². The molecule has 10 nitrogen and oxygen atoms in total. The zero-order valence-electron chi connectivity index (χ0n) is 25.4. The van der Waals surface area contributed by atoms with Crippen LogP contribution in [0.5, 0.6) is 5.75 Å². The van der Waals surface area contributed by atoms with E-state index in [4.69, 9.17) is 22.1 Å². The molecule has 0 bridgehead atoms. The van der Waals surface area contributed by atoms with Gasteiger partial charge in [-0.3, -0.25) is 19.2 Å². The number of Topliss-reactive ketones (excluding diaryl/α,β-unsaturated/α-hetero) is 2. The van der Waals surface area contributed by atoms with E-state index in [1.165, 1.54) is 6.20 Å². The Bertz CT molecular complexity index is 1610. The molecule has 0 unspecified atom stereocenters. The summed E-state index contributed by atoms with van der Waals surface area (Å²) in [5.41, 5.74) is 7.61. The van der Waals surface area contributed by atoms with E-state index in [2.05, 4.69) is 20.9 Å². The molecule has 1 aliphatic rings. The predicted molar refractivity (Wildman–Crippen MR) is 164 cm³/mol. The summed E-state index contributed by atoms with van der Waals surface area (Å²) in [5.74, 6) is -6.78.